The van der Waals surface area contributed by atoms with E-state index in [1.54, 1.807) is 0 Å². The Hall–Kier alpha value is -1.47. The van der Waals surface area contributed by atoms with Gasteiger partial charge >= 0.3 is 0 Å². The number of ether oxygens (including phenoxy) is 1. The molecule has 23 heavy (non-hydrogen) atoms. The molecule has 0 aromatic heterocycles. The van der Waals surface area contributed by atoms with E-state index in [1.807, 2.05) is 24.3 Å². The predicted molar refractivity (Wildman–Crippen MR) is 84.8 cm³/mol. The fraction of sp³-hybridized carbons (Fsp3) is 0.588. The molecule has 128 valence electrons. The normalized spacial score (nSPS) is 30.9. The fourth-order valence-electron chi connectivity index (χ4n) is 3.09. The van der Waals surface area contributed by atoms with E-state index in [1.165, 1.54) is 6.92 Å². The predicted octanol–water partition coefficient (Wildman–Crippen LogP) is 0.298. The Labute approximate surface area is 136 Å². The maximum atomic E-state index is 11.5. The SMILES string of the molecule is CCCc1ccccc1[C@H]1O[C@H](CO)[C@H](O)[C@H](O)[C@H]1NC(C)=O. The number of aliphatic hydroxyl groups is 3. The third-order valence-corrected chi connectivity index (χ3v) is 4.18. The molecule has 1 saturated heterocycles. The largest absolute Gasteiger partial charge is 0.394 e. The molecule has 1 aromatic rings. The van der Waals surface area contributed by atoms with Gasteiger partial charge in [0.1, 0.15) is 24.4 Å². The Balaban J connectivity index is 2.40. The number of carbonyl (C=O) groups is 1. The Morgan fingerprint density at radius 1 is 1.26 bits per heavy atom. The molecule has 0 aliphatic carbocycles. The molecule has 4 N–H and O–H groups in total. The number of hydrogen-bond acceptors (Lipinski definition) is 5. The van der Waals surface area contributed by atoms with Crippen LogP contribution in [-0.2, 0) is 16.0 Å². The first kappa shape index (κ1) is 17.9. The van der Waals surface area contributed by atoms with E-state index < -0.39 is 37.1 Å². The number of amides is 1. The average molecular weight is 323 g/mol. The minimum absolute atomic E-state index is 0.315. The summed E-state index contributed by atoms with van der Waals surface area (Å²) in [5.74, 6) is -0.315. The van der Waals surface area contributed by atoms with Crippen LogP contribution in [0.15, 0.2) is 24.3 Å². The van der Waals surface area contributed by atoms with Crippen molar-refractivity contribution < 1.29 is 24.9 Å². The quantitative estimate of drug-likeness (QED) is 0.624. The molecule has 1 fully saturated rings. The summed E-state index contributed by atoms with van der Waals surface area (Å²) in [6.07, 6.45) is -2.21. The lowest BCUT2D eigenvalue weighted by atomic mass is 9.86. The molecular formula is C17H25NO5. The van der Waals surface area contributed by atoms with Crippen LogP contribution in [0.3, 0.4) is 0 Å². The van der Waals surface area contributed by atoms with Gasteiger partial charge in [0, 0.05) is 6.92 Å². The van der Waals surface area contributed by atoms with Gasteiger partial charge in [-0.2, -0.15) is 0 Å². The zero-order chi connectivity index (χ0) is 17.0. The van der Waals surface area contributed by atoms with E-state index in [-0.39, 0.29) is 5.91 Å². The molecule has 0 unspecified atom stereocenters. The molecule has 1 aromatic carbocycles. The van der Waals surface area contributed by atoms with Crippen LogP contribution >= 0.6 is 0 Å². The number of carbonyl (C=O) groups excluding carboxylic acids is 1. The maximum absolute atomic E-state index is 11.5. The highest BCUT2D eigenvalue weighted by molar-refractivity contribution is 5.73. The summed E-state index contributed by atoms with van der Waals surface area (Å²) in [7, 11) is 0. The molecule has 0 radical (unpaired) electrons. The van der Waals surface area contributed by atoms with Crippen LogP contribution in [0.25, 0.3) is 0 Å². The van der Waals surface area contributed by atoms with Gasteiger partial charge in [-0.1, -0.05) is 37.6 Å². The van der Waals surface area contributed by atoms with Gasteiger partial charge < -0.3 is 25.4 Å². The minimum Gasteiger partial charge on any atom is -0.394 e. The second-order valence-corrected chi connectivity index (χ2v) is 5.93. The Kier molecular flexibility index (Phi) is 6.12. The number of benzene rings is 1. The van der Waals surface area contributed by atoms with Gasteiger partial charge in [0.15, 0.2) is 0 Å². The molecule has 1 aliphatic heterocycles. The van der Waals surface area contributed by atoms with Crippen molar-refractivity contribution >= 4 is 5.91 Å². The summed E-state index contributed by atoms with van der Waals surface area (Å²) in [5, 5.41) is 32.5. The topological polar surface area (TPSA) is 99.0 Å². The van der Waals surface area contributed by atoms with Crippen molar-refractivity contribution in [3.05, 3.63) is 35.4 Å². The van der Waals surface area contributed by atoms with Gasteiger partial charge in [-0.25, -0.2) is 0 Å². The molecule has 6 nitrogen and oxygen atoms in total. The van der Waals surface area contributed by atoms with Crippen molar-refractivity contribution in [3.8, 4) is 0 Å². The smallest absolute Gasteiger partial charge is 0.217 e. The molecular weight excluding hydrogens is 298 g/mol. The van der Waals surface area contributed by atoms with Crippen LogP contribution in [0.4, 0.5) is 0 Å². The number of nitrogens with one attached hydrogen (secondary N) is 1. The van der Waals surface area contributed by atoms with Crippen LogP contribution in [0.1, 0.15) is 37.5 Å². The number of aryl methyl sites for hydroxylation is 1. The third kappa shape index (κ3) is 3.90. The first-order chi connectivity index (χ1) is 11.0. The van der Waals surface area contributed by atoms with Crippen molar-refractivity contribution in [3.63, 3.8) is 0 Å². The molecule has 1 amide bonds. The maximum Gasteiger partial charge on any atom is 0.217 e. The Morgan fingerprint density at radius 3 is 2.57 bits per heavy atom. The highest BCUT2D eigenvalue weighted by Gasteiger charge is 2.45. The molecule has 5 atom stereocenters. The average Bonchev–Trinajstić information content (AvgIpc) is 2.53. The van der Waals surface area contributed by atoms with Crippen molar-refractivity contribution in [2.24, 2.45) is 0 Å². The fourth-order valence-corrected chi connectivity index (χ4v) is 3.09. The van der Waals surface area contributed by atoms with Crippen LogP contribution in [-0.4, -0.2) is 52.2 Å². The van der Waals surface area contributed by atoms with Crippen LogP contribution < -0.4 is 5.32 Å². The van der Waals surface area contributed by atoms with Crippen LogP contribution in [0.2, 0.25) is 0 Å². The molecule has 0 bridgehead atoms. The first-order valence-electron chi connectivity index (χ1n) is 7.97. The second kappa shape index (κ2) is 7.88. The monoisotopic (exact) mass is 323 g/mol. The first-order valence-corrected chi connectivity index (χ1v) is 7.97. The standard InChI is InChI=1S/C17H25NO5/c1-3-6-11-7-4-5-8-12(11)17-14(18-10(2)20)16(22)15(21)13(9-19)23-17/h4-5,7-8,13-17,19,21-22H,3,6,9H2,1-2H3,(H,18,20)/t13-,14-,15+,16-,17-/m1/s1. The molecule has 1 aliphatic rings. The van der Waals surface area contributed by atoms with E-state index in [4.69, 9.17) is 4.74 Å². The van der Waals surface area contributed by atoms with Gasteiger partial charge in [0.05, 0.1) is 12.6 Å². The second-order valence-electron chi connectivity index (χ2n) is 5.93. The molecule has 0 saturated carbocycles. The zero-order valence-corrected chi connectivity index (χ0v) is 13.5. The molecule has 1 heterocycles. The summed E-state index contributed by atoms with van der Waals surface area (Å²) in [6, 6.07) is 6.90. The Morgan fingerprint density at radius 2 is 1.96 bits per heavy atom. The third-order valence-electron chi connectivity index (χ3n) is 4.18. The number of hydrogen-bond donors (Lipinski definition) is 4. The zero-order valence-electron chi connectivity index (χ0n) is 13.5. The van der Waals surface area contributed by atoms with Gasteiger partial charge in [-0.15, -0.1) is 0 Å². The summed E-state index contributed by atoms with van der Waals surface area (Å²) in [4.78, 5) is 11.5. The minimum atomic E-state index is -1.26. The lowest BCUT2D eigenvalue weighted by Gasteiger charge is -2.43. The summed E-state index contributed by atoms with van der Waals surface area (Å²) >= 11 is 0. The summed E-state index contributed by atoms with van der Waals surface area (Å²) in [5.41, 5.74) is 1.92. The van der Waals surface area contributed by atoms with Crippen LogP contribution in [0.5, 0.6) is 0 Å². The van der Waals surface area contributed by atoms with E-state index >= 15 is 0 Å². The lowest BCUT2D eigenvalue weighted by Crippen LogP contribution is -2.60. The summed E-state index contributed by atoms with van der Waals surface area (Å²) < 4.78 is 5.83. The van der Waals surface area contributed by atoms with E-state index in [2.05, 4.69) is 12.2 Å². The van der Waals surface area contributed by atoms with Gasteiger partial charge in [0.2, 0.25) is 5.91 Å². The highest BCUT2D eigenvalue weighted by atomic mass is 16.5. The van der Waals surface area contributed by atoms with E-state index in [9.17, 15) is 20.1 Å². The highest BCUT2D eigenvalue weighted by Crippen LogP contribution is 2.34. The number of rotatable bonds is 5. The molecule has 6 heteroatoms. The van der Waals surface area contributed by atoms with E-state index in [0.29, 0.717) is 0 Å². The van der Waals surface area contributed by atoms with Crippen LogP contribution in [0, 0.1) is 0 Å². The van der Waals surface area contributed by atoms with Gasteiger partial charge in [-0.3, -0.25) is 4.79 Å². The van der Waals surface area contributed by atoms with Crippen molar-refractivity contribution in [2.45, 2.75) is 57.1 Å². The number of aliphatic hydroxyl groups excluding tert-OH is 3. The van der Waals surface area contributed by atoms with Gasteiger partial charge in [-0.05, 0) is 17.5 Å². The van der Waals surface area contributed by atoms with Gasteiger partial charge in [0.25, 0.3) is 0 Å². The lowest BCUT2D eigenvalue weighted by molar-refractivity contribution is -0.197. The Bertz CT molecular complexity index is 535. The van der Waals surface area contributed by atoms with Crippen molar-refractivity contribution in [2.75, 3.05) is 6.61 Å². The van der Waals surface area contributed by atoms with Crippen molar-refractivity contribution in [1.82, 2.24) is 5.32 Å². The molecule has 0 spiro atoms. The van der Waals surface area contributed by atoms with Crippen molar-refractivity contribution in [1.29, 1.82) is 0 Å². The summed E-state index contributed by atoms with van der Waals surface area (Å²) in [6.45, 7) is 3.02. The van der Waals surface area contributed by atoms with E-state index in [0.717, 1.165) is 24.0 Å². The molecule has 2 rings (SSSR count).